The highest BCUT2D eigenvalue weighted by Gasteiger charge is 2.17. The van der Waals surface area contributed by atoms with Gasteiger partial charge in [0.05, 0.1) is 4.90 Å². The number of amides is 1. The molecular weight excluding hydrogens is 390 g/mol. The van der Waals surface area contributed by atoms with E-state index in [2.05, 4.69) is 36.0 Å². The molecule has 152 valence electrons. The second-order valence-corrected chi connectivity index (χ2v) is 9.42. The Hall–Kier alpha value is -3.13. The van der Waals surface area contributed by atoms with Crippen molar-refractivity contribution in [2.75, 3.05) is 10.0 Å². The van der Waals surface area contributed by atoms with Gasteiger partial charge in [-0.25, -0.2) is 8.42 Å². The number of rotatable bonds is 5. The average molecular weight is 413 g/mol. The van der Waals surface area contributed by atoms with E-state index in [0.29, 0.717) is 17.0 Å². The van der Waals surface area contributed by atoms with Gasteiger partial charge in [-0.1, -0.05) is 38.1 Å². The van der Waals surface area contributed by atoms with Gasteiger partial charge in [0, 0.05) is 17.3 Å². The maximum atomic E-state index is 12.4. The van der Waals surface area contributed by atoms with Gasteiger partial charge in [0.15, 0.2) is 5.82 Å². The number of carbonyl (C=O) groups excluding carboxylic acids is 1. The van der Waals surface area contributed by atoms with Crippen LogP contribution in [0.15, 0.2) is 64.0 Å². The van der Waals surface area contributed by atoms with Crippen molar-refractivity contribution in [1.29, 1.82) is 0 Å². The molecule has 0 atom stereocenters. The number of nitrogens with zero attached hydrogens (tertiary/aromatic N) is 1. The van der Waals surface area contributed by atoms with E-state index >= 15 is 0 Å². The summed E-state index contributed by atoms with van der Waals surface area (Å²) in [6.07, 6.45) is 0. The van der Waals surface area contributed by atoms with Gasteiger partial charge in [0.2, 0.25) is 0 Å². The number of anilines is 2. The first-order chi connectivity index (χ1) is 13.5. The number of hydrogen-bond donors (Lipinski definition) is 2. The highest BCUT2D eigenvalue weighted by molar-refractivity contribution is 7.92. The van der Waals surface area contributed by atoms with Crippen molar-refractivity contribution in [3.05, 3.63) is 71.5 Å². The fraction of sp³-hybridized carbons (Fsp3) is 0.238. The Labute approximate surface area is 170 Å². The van der Waals surface area contributed by atoms with Crippen LogP contribution < -0.4 is 10.0 Å². The van der Waals surface area contributed by atoms with E-state index in [1.54, 1.807) is 19.1 Å². The summed E-state index contributed by atoms with van der Waals surface area (Å²) >= 11 is 0. The van der Waals surface area contributed by atoms with Gasteiger partial charge in [-0.2, -0.15) is 0 Å². The Morgan fingerprint density at radius 3 is 2.14 bits per heavy atom. The summed E-state index contributed by atoms with van der Waals surface area (Å²) < 4.78 is 32.0. The maximum absolute atomic E-state index is 12.4. The van der Waals surface area contributed by atoms with Crippen LogP contribution in [0.25, 0.3) is 0 Å². The lowest BCUT2D eigenvalue weighted by Crippen LogP contribution is -2.15. The smallest absolute Gasteiger partial charge is 0.263 e. The summed E-state index contributed by atoms with van der Waals surface area (Å²) in [6.45, 7) is 7.99. The highest BCUT2D eigenvalue weighted by atomic mass is 32.2. The Balaban J connectivity index is 1.69. The molecule has 1 amide bonds. The zero-order valence-corrected chi connectivity index (χ0v) is 17.5. The molecule has 0 unspecified atom stereocenters. The molecule has 8 heteroatoms. The lowest BCUT2D eigenvalue weighted by atomic mass is 9.87. The van der Waals surface area contributed by atoms with Gasteiger partial charge in [0.25, 0.3) is 15.9 Å². The molecule has 3 rings (SSSR count). The molecule has 0 radical (unpaired) electrons. The minimum absolute atomic E-state index is 0.00897. The summed E-state index contributed by atoms with van der Waals surface area (Å²) in [7, 11) is -3.80. The molecule has 0 fully saturated rings. The summed E-state index contributed by atoms with van der Waals surface area (Å²) in [5, 5.41) is 6.38. The van der Waals surface area contributed by atoms with E-state index < -0.39 is 10.0 Å². The van der Waals surface area contributed by atoms with Crippen LogP contribution in [0.1, 0.15) is 42.5 Å². The van der Waals surface area contributed by atoms with Crippen LogP contribution in [-0.4, -0.2) is 19.5 Å². The molecule has 0 saturated carbocycles. The number of benzene rings is 2. The van der Waals surface area contributed by atoms with Crippen molar-refractivity contribution >= 4 is 27.4 Å². The largest absolute Gasteiger partial charge is 0.360 e. The first-order valence-electron chi connectivity index (χ1n) is 9.03. The third-order valence-corrected chi connectivity index (χ3v) is 5.67. The Bertz CT molecular complexity index is 1110. The second-order valence-electron chi connectivity index (χ2n) is 7.73. The van der Waals surface area contributed by atoms with Crippen LogP contribution in [0, 0.1) is 6.92 Å². The molecule has 0 bridgehead atoms. The summed E-state index contributed by atoms with van der Waals surface area (Å²) in [5.74, 6) is 0.340. The molecule has 0 spiro atoms. The van der Waals surface area contributed by atoms with Crippen molar-refractivity contribution in [3.63, 3.8) is 0 Å². The van der Waals surface area contributed by atoms with Gasteiger partial charge in [-0.3, -0.25) is 9.52 Å². The maximum Gasteiger partial charge on any atom is 0.263 e. The molecule has 2 N–H and O–H groups in total. The second kappa shape index (κ2) is 7.71. The SMILES string of the molecule is Cc1cc(NS(=O)(=O)c2ccc(NC(=O)c3ccc(C(C)(C)C)cc3)cc2)no1. The minimum atomic E-state index is -3.80. The first-order valence-corrected chi connectivity index (χ1v) is 10.5. The topological polar surface area (TPSA) is 101 Å². The highest BCUT2D eigenvalue weighted by Crippen LogP contribution is 2.23. The number of sulfonamides is 1. The zero-order valence-electron chi connectivity index (χ0n) is 16.7. The van der Waals surface area contributed by atoms with Crippen molar-refractivity contribution in [2.24, 2.45) is 0 Å². The Morgan fingerprint density at radius 1 is 1.00 bits per heavy atom. The molecule has 1 heterocycles. The third-order valence-electron chi connectivity index (χ3n) is 4.30. The predicted octanol–water partition coefficient (Wildman–Crippen LogP) is 4.33. The summed E-state index contributed by atoms with van der Waals surface area (Å²) in [5.41, 5.74) is 2.16. The lowest BCUT2D eigenvalue weighted by Gasteiger charge is -2.19. The van der Waals surface area contributed by atoms with E-state index in [1.165, 1.54) is 30.3 Å². The Morgan fingerprint density at radius 2 is 1.62 bits per heavy atom. The van der Waals surface area contributed by atoms with E-state index in [-0.39, 0.29) is 22.0 Å². The number of aromatic nitrogens is 1. The molecule has 0 aliphatic heterocycles. The molecule has 0 saturated heterocycles. The predicted molar refractivity (Wildman–Crippen MR) is 112 cm³/mol. The van der Waals surface area contributed by atoms with Crippen molar-refractivity contribution in [2.45, 2.75) is 38.0 Å². The molecule has 3 aromatic rings. The van der Waals surface area contributed by atoms with Gasteiger partial charge in [-0.15, -0.1) is 0 Å². The van der Waals surface area contributed by atoms with E-state index in [4.69, 9.17) is 4.52 Å². The normalized spacial score (nSPS) is 11.9. The average Bonchev–Trinajstić information content (AvgIpc) is 3.05. The van der Waals surface area contributed by atoms with E-state index in [9.17, 15) is 13.2 Å². The van der Waals surface area contributed by atoms with Crippen molar-refractivity contribution in [3.8, 4) is 0 Å². The standard InChI is InChI=1S/C21H23N3O4S/c1-14-13-19(23-28-14)24-29(26,27)18-11-9-17(10-12-18)22-20(25)15-5-7-16(8-6-15)21(2,3)4/h5-13H,1-4H3,(H,22,25)(H,23,24). The van der Waals surface area contributed by atoms with E-state index in [1.807, 2.05) is 12.1 Å². The van der Waals surface area contributed by atoms with Crippen molar-refractivity contribution in [1.82, 2.24) is 5.16 Å². The molecule has 29 heavy (non-hydrogen) atoms. The number of carbonyl (C=O) groups is 1. The summed E-state index contributed by atoms with van der Waals surface area (Å²) in [6, 6.07) is 14.8. The van der Waals surface area contributed by atoms with Crippen LogP contribution >= 0.6 is 0 Å². The fourth-order valence-electron chi connectivity index (χ4n) is 2.65. The van der Waals surface area contributed by atoms with Crippen molar-refractivity contribution < 1.29 is 17.7 Å². The molecule has 0 aliphatic carbocycles. The first kappa shape index (κ1) is 20.6. The zero-order chi connectivity index (χ0) is 21.2. The molecular formula is C21H23N3O4S. The Kier molecular flexibility index (Phi) is 5.48. The van der Waals surface area contributed by atoms with Gasteiger partial charge >= 0.3 is 0 Å². The number of nitrogens with one attached hydrogen (secondary N) is 2. The van der Waals surface area contributed by atoms with Crippen LogP contribution in [0.5, 0.6) is 0 Å². The third kappa shape index (κ3) is 5.03. The number of hydrogen-bond acceptors (Lipinski definition) is 5. The molecule has 1 aromatic heterocycles. The fourth-order valence-corrected chi connectivity index (χ4v) is 3.64. The molecule has 2 aromatic carbocycles. The minimum Gasteiger partial charge on any atom is -0.360 e. The van der Waals surface area contributed by atoms with Crippen LogP contribution in [-0.2, 0) is 15.4 Å². The summed E-state index contributed by atoms with van der Waals surface area (Å²) in [4.78, 5) is 12.5. The van der Waals surface area contributed by atoms with Gasteiger partial charge in [-0.05, 0) is 54.3 Å². The molecule has 7 nitrogen and oxygen atoms in total. The van der Waals surface area contributed by atoms with E-state index in [0.717, 1.165) is 5.56 Å². The quantitative estimate of drug-likeness (QED) is 0.648. The monoisotopic (exact) mass is 413 g/mol. The lowest BCUT2D eigenvalue weighted by molar-refractivity contribution is 0.102. The molecule has 0 aliphatic rings. The van der Waals surface area contributed by atoms with Crippen LogP contribution in [0.4, 0.5) is 11.5 Å². The van der Waals surface area contributed by atoms with Gasteiger partial charge < -0.3 is 9.84 Å². The van der Waals surface area contributed by atoms with Crippen LogP contribution in [0.2, 0.25) is 0 Å². The van der Waals surface area contributed by atoms with Gasteiger partial charge in [0.1, 0.15) is 5.76 Å². The number of aryl methyl sites for hydroxylation is 1. The van der Waals surface area contributed by atoms with Crippen LogP contribution in [0.3, 0.4) is 0 Å².